The van der Waals surface area contributed by atoms with Gasteiger partial charge in [0.1, 0.15) is 11.9 Å². The second-order valence-corrected chi connectivity index (χ2v) is 8.05. The van der Waals surface area contributed by atoms with Gasteiger partial charge in [-0.15, -0.1) is 0 Å². The van der Waals surface area contributed by atoms with Crippen molar-refractivity contribution in [1.29, 1.82) is 0 Å². The third-order valence-corrected chi connectivity index (χ3v) is 5.38. The standard InChI is InChI=1S/C22H29F4N2/c1-14-7-6-9-28(5,10-8-17(4)27)21(16(3)11-14)20-15(2)12-18(13-19(20)23)22(24,25)26/h7-8,11-13,21H,6,9-10,27H2,1-5H3/q+1/b14-7-,16-11+,17-8+. The summed E-state index contributed by atoms with van der Waals surface area (Å²) < 4.78 is 54.9. The summed E-state index contributed by atoms with van der Waals surface area (Å²) in [7, 11) is 2.01. The average molecular weight is 397 g/mol. The molecule has 0 radical (unpaired) electrons. The van der Waals surface area contributed by atoms with Crippen LogP contribution in [0.15, 0.2) is 47.2 Å². The Balaban J connectivity index is 2.70. The lowest BCUT2D eigenvalue weighted by Crippen LogP contribution is -2.49. The molecule has 0 saturated heterocycles. The van der Waals surface area contributed by atoms with Crippen molar-refractivity contribution < 1.29 is 22.0 Å². The van der Waals surface area contributed by atoms with E-state index in [9.17, 15) is 13.2 Å². The fraction of sp³-hybridized carbons (Fsp3) is 0.455. The number of quaternary nitrogens is 1. The van der Waals surface area contributed by atoms with E-state index in [4.69, 9.17) is 5.73 Å². The fourth-order valence-electron chi connectivity index (χ4n) is 4.06. The first-order valence-electron chi connectivity index (χ1n) is 9.34. The molecule has 0 spiro atoms. The van der Waals surface area contributed by atoms with Crippen molar-refractivity contribution in [2.75, 3.05) is 20.1 Å². The van der Waals surface area contributed by atoms with Crippen LogP contribution in [0.2, 0.25) is 0 Å². The third kappa shape index (κ3) is 4.85. The van der Waals surface area contributed by atoms with E-state index in [0.29, 0.717) is 33.9 Å². The number of halogens is 4. The third-order valence-electron chi connectivity index (χ3n) is 5.38. The molecule has 0 amide bonds. The van der Waals surface area contributed by atoms with Crippen LogP contribution in [-0.4, -0.2) is 24.6 Å². The van der Waals surface area contributed by atoms with Gasteiger partial charge in [0, 0.05) is 12.1 Å². The largest absolute Gasteiger partial charge is 0.416 e. The number of likely N-dealkylation sites (N-methyl/N-ethyl adjacent to an activating group) is 1. The molecule has 2 rings (SSSR count). The lowest BCUT2D eigenvalue weighted by Gasteiger charge is -2.43. The van der Waals surface area contributed by atoms with Crippen molar-refractivity contribution in [3.63, 3.8) is 0 Å². The average Bonchev–Trinajstić information content (AvgIpc) is 2.54. The maximum absolute atomic E-state index is 15.1. The lowest BCUT2D eigenvalue weighted by atomic mass is 9.88. The van der Waals surface area contributed by atoms with Gasteiger partial charge in [0.2, 0.25) is 0 Å². The van der Waals surface area contributed by atoms with Crippen molar-refractivity contribution in [1.82, 2.24) is 0 Å². The molecule has 2 nitrogen and oxygen atoms in total. The smallest absolute Gasteiger partial charge is 0.402 e. The molecule has 2 unspecified atom stereocenters. The van der Waals surface area contributed by atoms with E-state index in [0.717, 1.165) is 30.2 Å². The zero-order valence-corrected chi connectivity index (χ0v) is 17.1. The van der Waals surface area contributed by atoms with Crippen LogP contribution in [0.4, 0.5) is 17.6 Å². The Labute approximate surface area is 164 Å². The second kappa shape index (κ2) is 8.11. The summed E-state index contributed by atoms with van der Waals surface area (Å²) in [6, 6.07) is 1.26. The van der Waals surface area contributed by atoms with E-state index < -0.39 is 23.6 Å². The fourth-order valence-corrected chi connectivity index (χ4v) is 4.06. The first-order chi connectivity index (χ1) is 12.8. The van der Waals surface area contributed by atoms with Gasteiger partial charge >= 0.3 is 6.18 Å². The van der Waals surface area contributed by atoms with Crippen LogP contribution in [0.25, 0.3) is 0 Å². The molecule has 6 heteroatoms. The van der Waals surface area contributed by atoms with Gasteiger partial charge in [-0.05, 0) is 57.0 Å². The van der Waals surface area contributed by atoms with E-state index in [2.05, 4.69) is 6.08 Å². The number of benzene rings is 1. The molecule has 2 atom stereocenters. The molecule has 1 heterocycles. The Morgan fingerprint density at radius 3 is 2.43 bits per heavy atom. The number of aryl methyl sites for hydroxylation is 1. The highest BCUT2D eigenvalue weighted by molar-refractivity contribution is 5.40. The number of rotatable bonds is 3. The molecule has 1 aromatic rings. The molecular weight excluding hydrogens is 368 g/mol. The highest BCUT2D eigenvalue weighted by Gasteiger charge is 2.39. The molecule has 1 aliphatic rings. The summed E-state index contributed by atoms with van der Waals surface area (Å²) in [6.45, 7) is 8.52. The summed E-state index contributed by atoms with van der Waals surface area (Å²) in [5.41, 5.74) is 8.16. The molecule has 2 N–H and O–H groups in total. The van der Waals surface area contributed by atoms with E-state index in [1.807, 2.05) is 33.0 Å². The number of nitrogens with two attached hydrogens (primary N) is 1. The van der Waals surface area contributed by atoms with Crippen LogP contribution < -0.4 is 5.73 Å². The van der Waals surface area contributed by atoms with Gasteiger partial charge in [-0.25, -0.2) is 4.39 Å². The zero-order valence-electron chi connectivity index (χ0n) is 17.1. The minimum absolute atomic E-state index is 0.310. The maximum Gasteiger partial charge on any atom is 0.416 e. The molecule has 0 aromatic heterocycles. The molecule has 28 heavy (non-hydrogen) atoms. The number of alkyl halides is 3. The summed E-state index contributed by atoms with van der Waals surface area (Å²) in [5.74, 6) is -0.815. The van der Waals surface area contributed by atoms with Gasteiger partial charge in [0.05, 0.1) is 31.3 Å². The first-order valence-corrected chi connectivity index (χ1v) is 9.34. The van der Waals surface area contributed by atoms with Crippen molar-refractivity contribution in [3.8, 4) is 0 Å². The maximum atomic E-state index is 15.1. The zero-order chi connectivity index (χ0) is 21.3. The number of hydrogen-bond acceptors (Lipinski definition) is 1. The Bertz CT molecular complexity index is 806. The second-order valence-electron chi connectivity index (χ2n) is 8.05. The van der Waals surface area contributed by atoms with Crippen molar-refractivity contribution in [3.05, 3.63) is 69.7 Å². The molecule has 1 aliphatic heterocycles. The number of allylic oxidation sites excluding steroid dienone is 3. The van der Waals surface area contributed by atoms with Crippen LogP contribution in [0.3, 0.4) is 0 Å². The van der Waals surface area contributed by atoms with E-state index >= 15 is 4.39 Å². The van der Waals surface area contributed by atoms with Gasteiger partial charge in [0.15, 0.2) is 0 Å². The predicted molar refractivity (Wildman–Crippen MR) is 105 cm³/mol. The molecular formula is C22H29F4N2+. The lowest BCUT2D eigenvalue weighted by molar-refractivity contribution is -0.928. The summed E-state index contributed by atoms with van der Waals surface area (Å²) in [4.78, 5) is 0. The highest BCUT2D eigenvalue weighted by Crippen LogP contribution is 2.41. The number of hydrogen-bond donors (Lipinski definition) is 1. The number of nitrogens with zero attached hydrogens (tertiary/aromatic N) is 1. The van der Waals surface area contributed by atoms with E-state index in [1.165, 1.54) is 0 Å². The molecule has 0 fully saturated rings. The molecule has 154 valence electrons. The molecule has 0 saturated carbocycles. The van der Waals surface area contributed by atoms with Crippen LogP contribution in [0, 0.1) is 12.7 Å². The molecule has 0 aliphatic carbocycles. The predicted octanol–water partition coefficient (Wildman–Crippen LogP) is 5.80. The van der Waals surface area contributed by atoms with Crippen molar-refractivity contribution >= 4 is 0 Å². The Hall–Kier alpha value is -2.08. The normalized spacial score (nSPS) is 28.0. The van der Waals surface area contributed by atoms with Crippen molar-refractivity contribution in [2.24, 2.45) is 5.73 Å². The van der Waals surface area contributed by atoms with Gasteiger partial charge in [-0.2, -0.15) is 13.2 Å². The van der Waals surface area contributed by atoms with Crippen molar-refractivity contribution in [2.45, 2.75) is 46.3 Å². The minimum atomic E-state index is -4.58. The first kappa shape index (κ1) is 22.2. The SMILES string of the molecule is CC1=C/CC[N+](C)(C/C=C(\C)N)C(c2c(C)cc(C(F)(F)F)cc2F)\C(C)=C\1. The van der Waals surface area contributed by atoms with Gasteiger partial charge in [-0.3, -0.25) is 0 Å². The molecule has 1 aromatic carbocycles. The van der Waals surface area contributed by atoms with Crippen LogP contribution >= 0.6 is 0 Å². The van der Waals surface area contributed by atoms with Gasteiger partial charge < -0.3 is 10.2 Å². The van der Waals surface area contributed by atoms with Gasteiger partial charge in [-0.1, -0.05) is 17.7 Å². The Morgan fingerprint density at radius 2 is 1.89 bits per heavy atom. The minimum Gasteiger partial charge on any atom is -0.402 e. The van der Waals surface area contributed by atoms with Crippen LogP contribution in [-0.2, 0) is 6.18 Å². The van der Waals surface area contributed by atoms with Crippen LogP contribution in [0.1, 0.15) is 49.9 Å². The summed E-state index contributed by atoms with van der Waals surface area (Å²) in [6.07, 6.45) is 2.24. The Kier molecular flexibility index (Phi) is 6.44. The quantitative estimate of drug-likeness (QED) is 0.506. The Morgan fingerprint density at radius 1 is 1.25 bits per heavy atom. The van der Waals surface area contributed by atoms with Gasteiger partial charge in [0.25, 0.3) is 0 Å². The summed E-state index contributed by atoms with van der Waals surface area (Å²) >= 11 is 0. The summed E-state index contributed by atoms with van der Waals surface area (Å²) in [5, 5.41) is 0. The van der Waals surface area contributed by atoms with E-state index in [-0.39, 0.29) is 0 Å². The molecule has 0 bridgehead atoms. The van der Waals surface area contributed by atoms with Crippen LogP contribution in [0.5, 0.6) is 0 Å². The van der Waals surface area contributed by atoms with E-state index in [1.54, 1.807) is 13.8 Å². The highest BCUT2D eigenvalue weighted by atomic mass is 19.4. The topological polar surface area (TPSA) is 26.0 Å². The monoisotopic (exact) mass is 397 g/mol.